The standard InChI is InChI=1S/C5H6As/c1-5-2-3-6-4-5/h2-3,6H,1H3. The first-order chi connectivity index (χ1) is 2.89. The Hall–Kier alpha value is 0.0384. The molecule has 1 heterocycles. The molecule has 31 valence electrons. The van der Waals surface area contributed by atoms with Gasteiger partial charge >= 0.3 is 44.1 Å². The first-order valence-corrected chi connectivity index (χ1v) is 4.17. The van der Waals surface area contributed by atoms with Crippen molar-refractivity contribution in [3.8, 4) is 0 Å². The van der Waals surface area contributed by atoms with Crippen molar-refractivity contribution in [2.75, 3.05) is 0 Å². The molecule has 1 heteroatoms. The number of hydrogen-bond donors (Lipinski definition) is 0. The molecule has 0 spiro atoms. The van der Waals surface area contributed by atoms with Crippen LogP contribution in [0.4, 0.5) is 0 Å². The maximum atomic E-state index is 3.25. The van der Waals surface area contributed by atoms with Gasteiger partial charge in [-0.25, -0.2) is 0 Å². The summed E-state index contributed by atoms with van der Waals surface area (Å²) in [5.41, 5.74) is 1.33. The predicted molar refractivity (Wildman–Crippen MR) is 28.7 cm³/mol. The summed E-state index contributed by atoms with van der Waals surface area (Å²) in [6, 6.07) is 0. The molecule has 0 N–H and O–H groups in total. The van der Waals surface area contributed by atoms with Crippen molar-refractivity contribution in [1.29, 1.82) is 0 Å². The van der Waals surface area contributed by atoms with E-state index >= 15 is 0 Å². The van der Waals surface area contributed by atoms with Crippen molar-refractivity contribution in [2.24, 2.45) is 0 Å². The van der Waals surface area contributed by atoms with Crippen molar-refractivity contribution < 1.29 is 0 Å². The van der Waals surface area contributed by atoms with Gasteiger partial charge in [-0.1, -0.05) is 0 Å². The van der Waals surface area contributed by atoms with Crippen LogP contribution >= 0.6 is 0 Å². The van der Waals surface area contributed by atoms with E-state index in [2.05, 4.69) is 22.7 Å². The van der Waals surface area contributed by atoms with Crippen LogP contribution < -0.4 is 0 Å². The van der Waals surface area contributed by atoms with Crippen molar-refractivity contribution in [3.05, 3.63) is 21.4 Å². The Morgan fingerprint density at radius 3 is 2.83 bits per heavy atom. The Balaban J connectivity index is 2.68. The van der Waals surface area contributed by atoms with Crippen LogP contribution in [-0.2, 0) is 0 Å². The normalized spacial score (nSPS) is 22.5. The molecule has 0 aromatic carbocycles. The van der Waals surface area contributed by atoms with Crippen LogP contribution in [0.15, 0.2) is 16.5 Å². The Morgan fingerprint density at radius 2 is 2.67 bits per heavy atom. The molecule has 1 aliphatic heterocycles. The van der Waals surface area contributed by atoms with Crippen molar-refractivity contribution in [1.82, 2.24) is 0 Å². The van der Waals surface area contributed by atoms with Crippen LogP contribution in [0.25, 0.3) is 0 Å². The van der Waals surface area contributed by atoms with Crippen molar-refractivity contribution >= 4 is 15.8 Å². The van der Waals surface area contributed by atoms with Crippen LogP contribution in [0.5, 0.6) is 0 Å². The zero-order chi connectivity index (χ0) is 4.41. The second-order valence-electron chi connectivity index (χ2n) is 1.29. The van der Waals surface area contributed by atoms with Gasteiger partial charge in [-0.2, -0.15) is 0 Å². The second-order valence-corrected chi connectivity index (χ2v) is 3.12. The van der Waals surface area contributed by atoms with Gasteiger partial charge < -0.3 is 0 Å². The summed E-state index contributed by atoms with van der Waals surface area (Å²) in [7, 11) is 0. The van der Waals surface area contributed by atoms with Gasteiger partial charge in [0.2, 0.25) is 0 Å². The molecule has 0 amide bonds. The van der Waals surface area contributed by atoms with Crippen LogP contribution in [-0.4, -0.2) is 15.8 Å². The van der Waals surface area contributed by atoms with E-state index in [4.69, 9.17) is 0 Å². The summed E-state index contributed by atoms with van der Waals surface area (Å²) in [4.78, 5) is 5.48. The third-order valence-electron chi connectivity index (χ3n) is 0.686. The molecule has 0 nitrogen and oxygen atoms in total. The van der Waals surface area contributed by atoms with E-state index in [0.717, 1.165) is 0 Å². The van der Waals surface area contributed by atoms with E-state index in [1.165, 1.54) is 5.57 Å². The molecular formula is C5H6As. The SMILES string of the molecule is CC1=[C][AsH]C=C1. The summed E-state index contributed by atoms with van der Waals surface area (Å²) in [5, 5.41) is 0. The minimum absolute atomic E-state index is 0.127. The van der Waals surface area contributed by atoms with Gasteiger partial charge in [0.1, 0.15) is 0 Å². The zero-order valence-corrected chi connectivity index (χ0v) is 5.75. The molecule has 0 aliphatic carbocycles. The van der Waals surface area contributed by atoms with E-state index in [1.807, 2.05) is 0 Å². The molecule has 1 unspecified atom stereocenters. The molecule has 0 aromatic rings. The third kappa shape index (κ3) is 0.753. The Morgan fingerprint density at radius 1 is 1.83 bits per heavy atom. The molecule has 6 heavy (non-hydrogen) atoms. The molecule has 0 aromatic heterocycles. The first kappa shape index (κ1) is 4.20. The van der Waals surface area contributed by atoms with Crippen LogP contribution in [0, 0.1) is 4.86 Å². The van der Waals surface area contributed by atoms with E-state index in [1.54, 1.807) is 0 Å². The van der Waals surface area contributed by atoms with E-state index in [0.29, 0.717) is 0 Å². The first-order valence-electron chi connectivity index (χ1n) is 1.91. The van der Waals surface area contributed by atoms with Gasteiger partial charge in [-0.3, -0.25) is 0 Å². The number of hydrogen-bond acceptors (Lipinski definition) is 0. The molecular weight excluding hydrogens is 135 g/mol. The summed E-state index contributed by atoms with van der Waals surface area (Å²) in [5.74, 6) is 0. The molecule has 1 rings (SSSR count). The van der Waals surface area contributed by atoms with Crippen molar-refractivity contribution in [3.63, 3.8) is 0 Å². The number of allylic oxidation sites excluding steroid dienone is 2. The third-order valence-corrected chi connectivity index (χ3v) is 2.52. The Bertz CT molecular complexity index is 97.8. The van der Waals surface area contributed by atoms with Crippen LogP contribution in [0.3, 0.4) is 0 Å². The molecule has 1 atom stereocenters. The van der Waals surface area contributed by atoms with E-state index in [9.17, 15) is 0 Å². The average molecular weight is 141 g/mol. The summed E-state index contributed by atoms with van der Waals surface area (Å²) in [6.07, 6.45) is 2.14. The van der Waals surface area contributed by atoms with Gasteiger partial charge in [-0.15, -0.1) is 0 Å². The van der Waals surface area contributed by atoms with E-state index < -0.39 is 0 Å². The molecule has 0 saturated carbocycles. The maximum absolute atomic E-state index is 3.25. The fourth-order valence-electron chi connectivity index (χ4n) is 0.364. The fourth-order valence-corrected chi connectivity index (χ4v) is 1.89. The van der Waals surface area contributed by atoms with Gasteiger partial charge in [-0.05, 0) is 0 Å². The topological polar surface area (TPSA) is 0 Å². The second kappa shape index (κ2) is 1.66. The zero-order valence-electron chi connectivity index (χ0n) is 3.65. The van der Waals surface area contributed by atoms with Crippen LogP contribution in [0.1, 0.15) is 6.92 Å². The summed E-state index contributed by atoms with van der Waals surface area (Å²) >= 11 is 0.127. The van der Waals surface area contributed by atoms with Crippen LogP contribution in [0.2, 0.25) is 0 Å². The summed E-state index contributed by atoms with van der Waals surface area (Å²) < 4.78 is 0. The fraction of sp³-hybridized carbons (Fsp3) is 0.200. The van der Waals surface area contributed by atoms with Gasteiger partial charge in [0, 0.05) is 0 Å². The van der Waals surface area contributed by atoms with E-state index in [-0.39, 0.29) is 15.8 Å². The van der Waals surface area contributed by atoms with Gasteiger partial charge in [0.05, 0.1) is 0 Å². The minimum atomic E-state index is 0.127. The predicted octanol–water partition coefficient (Wildman–Crippen LogP) is 0.657. The van der Waals surface area contributed by atoms with Gasteiger partial charge in [0.15, 0.2) is 0 Å². The molecule has 0 saturated heterocycles. The Labute approximate surface area is 44.6 Å². The quantitative estimate of drug-likeness (QED) is 0.434. The molecule has 0 fully saturated rings. The van der Waals surface area contributed by atoms with Crippen molar-refractivity contribution in [2.45, 2.75) is 6.92 Å². The van der Waals surface area contributed by atoms with Gasteiger partial charge in [0.25, 0.3) is 0 Å². The monoisotopic (exact) mass is 141 g/mol. The molecule has 1 aliphatic rings. The molecule has 1 radical (unpaired) electrons. The Kier molecular flexibility index (Phi) is 1.16. The molecule has 0 bridgehead atoms. The number of rotatable bonds is 0. The summed E-state index contributed by atoms with van der Waals surface area (Å²) in [6.45, 7) is 2.09. The average Bonchev–Trinajstić information content (AvgIpc) is 1.86.